The first-order chi connectivity index (χ1) is 9.76. The number of pyridine rings is 1. The summed E-state index contributed by atoms with van der Waals surface area (Å²) in [4.78, 5) is 4.13. The molecule has 5 heteroatoms. The smallest absolute Gasteiger partial charge is 0.101 e. The van der Waals surface area contributed by atoms with Crippen molar-refractivity contribution in [3.63, 3.8) is 0 Å². The van der Waals surface area contributed by atoms with Gasteiger partial charge in [0.1, 0.15) is 12.1 Å². The number of benzene rings is 1. The molecule has 0 aliphatic carbocycles. The molecule has 0 atom stereocenters. The van der Waals surface area contributed by atoms with Crippen LogP contribution in [-0.4, -0.2) is 11.5 Å². The number of nitrogens with zero attached hydrogens (tertiary/aromatic N) is 3. The molecule has 2 N–H and O–H groups in total. The standard InChI is InChI=1S/C15H13N5/c1-2-19-14-6-15(10-18-9-14)20-13-4-3-11(7-16)12(5-13)8-17/h3-6,9-10,19-20H,2H2,1H3. The molecule has 0 unspecified atom stereocenters. The van der Waals surface area contributed by atoms with E-state index in [1.165, 1.54) is 0 Å². The molecule has 5 nitrogen and oxygen atoms in total. The van der Waals surface area contributed by atoms with Crippen molar-refractivity contribution in [1.29, 1.82) is 10.5 Å². The fraction of sp³-hybridized carbons (Fsp3) is 0.133. The molecular formula is C15H13N5. The Bertz CT molecular complexity index is 694. The Balaban J connectivity index is 2.24. The van der Waals surface area contributed by atoms with Gasteiger partial charge < -0.3 is 10.6 Å². The van der Waals surface area contributed by atoms with E-state index in [1.807, 2.05) is 25.1 Å². The Morgan fingerprint density at radius 2 is 1.75 bits per heavy atom. The summed E-state index contributed by atoms with van der Waals surface area (Å²) in [6.07, 6.45) is 3.44. The zero-order valence-electron chi connectivity index (χ0n) is 11.0. The van der Waals surface area contributed by atoms with E-state index in [9.17, 15) is 0 Å². The maximum Gasteiger partial charge on any atom is 0.101 e. The summed E-state index contributed by atoms with van der Waals surface area (Å²) in [5, 5.41) is 24.2. The van der Waals surface area contributed by atoms with Crippen LogP contribution in [0.5, 0.6) is 0 Å². The van der Waals surface area contributed by atoms with Gasteiger partial charge >= 0.3 is 0 Å². The van der Waals surface area contributed by atoms with Crippen LogP contribution in [0.25, 0.3) is 0 Å². The lowest BCUT2D eigenvalue weighted by atomic mass is 10.1. The van der Waals surface area contributed by atoms with Gasteiger partial charge in [0.2, 0.25) is 0 Å². The zero-order valence-corrected chi connectivity index (χ0v) is 11.0. The van der Waals surface area contributed by atoms with E-state index in [2.05, 4.69) is 15.6 Å². The van der Waals surface area contributed by atoms with Crippen LogP contribution in [0, 0.1) is 22.7 Å². The van der Waals surface area contributed by atoms with Crippen LogP contribution in [0.2, 0.25) is 0 Å². The van der Waals surface area contributed by atoms with Gasteiger partial charge in [-0.1, -0.05) is 0 Å². The van der Waals surface area contributed by atoms with E-state index < -0.39 is 0 Å². The van der Waals surface area contributed by atoms with Crippen molar-refractivity contribution < 1.29 is 0 Å². The average molecular weight is 263 g/mol. The zero-order chi connectivity index (χ0) is 14.4. The van der Waals surface area contributed by atoms with Crippen LogP contribution >= 0.6 is 0 Å². The summed E-state index contributed by atoms with van der Waals surface area (Å²) in [6, 6.07) is 11.0. The van der Waals surface area contributed by atoms with Crippen LogP contribution in [0.3, 0.4) is 0 Å². The minimum Gasteiger partial charge on any atom is -0.384 e. The fourth-order valence-corrected chi connectivity index (χ4v) is 1.79. The second kappa shape index (κ2) is 6.21. The van der Waals surface area contributed by atoms with Crippen molar-refractivity contribution in [3.8, 4) is 12.1 Å². The van der Waals surface area contributed by atoms with Gasteiger partial charge in [0.05, 0.1) is 34.9 Å². The first-order valence-electron chi connectivity index (χ1n) is 6.17. The molecule has 0 fully saturated rings. The van der Waals surface area contributed by atoms with E-state index in [4.69, 9.17) is 10.5 Å². The molecule has 1 aromatic carbocycles. The number of nitrogens with one attached hydrogen (secondary N) is 2. The minimum absolute atomic E-state index is 0.355. The Labute approximate surface area is 117 Å². The maximum absolute atomic E-state index is 9.00. The van der Waals surface area contributed by atoms with Crippen molar-refractivity contribution in [2.45, 2.75) is 6.92 Å². The van der Waals surface area contributed by atoms with Gasteiger partial charge in [0, 0.05) is 12.2 Å². The number of hydrogen-bond acceptors (Lipinski definition) is 5. The first-order valence-corrected chi connectivity index (χ1v) is 6.17. The topological polar surface area (TPSA) is 84.5 Å². The number of hydrogen-bond donors (Lipinski definition) is 2. The lowest BCUT2D eigenvalue weighted by Crippen LogP contribution is -1.99. The molecule has 0 amide bonds. The van der Waals surface area contributed by atoms with E-state index in [1.54, 1.807) is 30.6 Å². The van der Waals surface area contributed by atoms with Crippen LogP contribution in [-0.2, 0) is 0 Å². The molecule has 1 aromatic heterocycles. The molecule has 1 heterocycles. The molecule has 0 aliphatic heterocycles. The number of rotatable bonds is 4. The Morgan fingerprint density at radius 1 is 1.00 bits per heavy atom. The lowest BCUT2D eigenvalue weighted by Gasteiger charge is -2.09. The van der Waals surface area contributed by atoms with Crippen molar-refractivity contribution in [3.05, 3.63) is 47.8 Å². The Morgan fingerprint density at radius 3 is 2.45 bits per heavy atom. The van der Waals surface area contributed by atoms with Crippen molar-refractivity contribution >= 4 is 17.1 Å². The van der Waals surface area contributed by atoms with Crippen molar-refractivity contribution in [2.75, 3.05) is 17.2 Å². The monoisotopic (exact) mass is 263 g/mol. The Kier molecular flexibility index (Phi) is 4.16. The van der Waals surface area contributed by atoms with Gasteiger partial charge in [-0.05, 0) is 31.2 Å². The van der Waals surface area contributed by atoms with Crippen LogP contribution < -0.4 is 10.6 Å². The average Bonchev–Trinajstić information content (AvgIpc) is 2.48. The highest BCUT2D eigenvalue weighted by atomic mass is 14.9. The molecule has 2 rings (SSSR count). The third kappa shape index (κ3) is 3.04. The predicted molar refractivity (Wildman–Crippen MR) is 77.6 cm³/mol. The highest BCUT2D eigenvalue weighted by molar-refractivity contribution is 5.65. The second-order valence-corrected chi connectivity index (χ2v) is 4.10. The second-order valence-electron chi connectivity index (χ2n) is 4.10. The van der Waals surface area contributed by atoms with E-state index in [0.717, 1.165) is 23.6 Å². The van der Waals surface area contributed by atoms with Gasteiger partial charge in [-0.2, -0.15) is 10.5 Å². The van der Waals surface area contributed by atoms with Crippen molar-refractivity contribution in [2.24, 2.45) is 0 Å². The number of nitriles is 2. The van der Waals surface area contributed by atoms with Crippen LogP contribution in [0.1, 0.15) is 18.1 Å². The van der Waals surface area contributed by atoms with Gasteiger partial charge in [-0.3, -0.25) is 4.98 Å². The molecule has 20 heavy (non-hydrogen) atoms. The molecule has 0 aliphatic rings. The fourth-order valence-electron chi connectivity index (χ4n) is 1.79. The highest BCUT2D eigenvalue weighted by Crippen LogP contribution is 2.21. The van der Waals surface area contributed by atoms with Gasteiger partial charge in [-0.15, -0.1) is 0 Å². The summed E-state index contributed by atoms with van der Waals surface area (Å²) in [5.74, 6) is 0. The lowest BCUT2D eigenvalue weighted by molar-refractivity contribution is 1.19. The third-order valence-corrected chi connectivity index (χ3v) is 2.67. The minimum atomic E-state index is 0.355. The number of aromatic nitrogens is 1. The quantitative estimate of drug-likeness (QED) is 0.885. The van der Waals surface area contributed by atoms with Gasteiger partial charge in [0.15, 0.2) is 0 Å². The maximum atomic E-state index is 9.00. The van der Waals surface area contributed by atoms with E-state index in [-0.39, 0.29) is 0 Å². The summed E-state index contributed by atoms with van der Waals surface area (Å²) >= 11 is 0. The summed E-state index contributed by atoms with van der Waals surface area (Å²) in [7, 11) is 0. The molecule has 0 spiro atoms. The van der Waals surface area contributed by atoms with E-state index >= 15 is 0 Å². The summed E-state index contributed by atoms with van der Waals surface area (Å²) in [5.41, 5.74) is 3.21. The molecule has 0 saturated carbocycles. The predicted octanol–water partition coefficient (Wildman–Crippen LogP) is 3.00. The molecule has 0 saturated heterocycles. The molecule has 98 valence electrons. The Hall–Kier alpha value is -3.05. The SMILES string of the molecule is CCNc1cncc(Nc2ccc(C#N)c(C#N)c2)c1. The number of anilines is 3. The van der Waals surface area contributed by atoms with Crippen LogP contribution in [0.4, 0.5) is 17.1 Å². The summed E-state index contributed by atoms with van der Waals surface area (Å²) < 4.78 is 0. The van der Waals surface area contributed by atoms with Gasteiger partial charge in [-0.25, -0.2) is 0 Å². The molecular weight excluding hydrogens is 250 g/mol. The normalized spacial score (nSPS) is 9.35. The largest absolute Gasteiger partial charge is 0.384 e. The van der Waals surface area contributed by atoms with Crippen molar-refractivity contribution in [1.82, 2.24) is 4.98 Å². The van der Waals surface area contributed by atoms with Gasteiger partial charge in [0.25, 0.3) is 0 Å². The molecule has 0 radical (unpaired) electrons. The first kappa shape index (κ1) is 13.4. The molecule has 2 aromatic rings. The summed E-state index contributed by atoms with van der Waals surface area (Å²) in [6.45, 7) is 2.83. The van der Waals surface area contributed by atoms with E-state index in [0.29, 0.717) is 11.1 Å². The third-order valence-electron chi connectivity index (χ3n) is 2.67. The van der Waals surface area contributed by atoms with Crippen LogP contribution in [0.15, 0.2) is 36.7 Å². The highest BCUT2D eigenvalue weighted by Gasteiger charge is 2.03. The molecule has 0 bridgehead atoms.